The molecule has 0 radical (unpaired) electrons. The van der Waals surface area contributed by atoms with E-state index in [0.717, 1.165) is 16.9 Å². The van der Waals surface area contributed by atoms with Gasteiger partial charge in [0.25, 0.3) is 0 Å². The first kappa shape index (κ1) is 13.0. The summed E-state index contributed by atoms with van der Waals surface area (Å²) in [6.45, 7) is 0. The molecule has 0 aliphatic rings. The second kappa shape index (κ2) is 5.54. The summed E-state index contributed by atoms with van der Waals surface area (Å²) in [4.78, 5) is 15.4. The fraction of sp³-hybridized carbons (Fsp3) is 0.0667. The van der Waals surface area contributed by atoms with Crippen LogP contribution in [0.4, 0.5) is 0 Å². The van der Waals surface area contributed by atoms with Crippen LogP contribution in [0, 0.1) is 0 Å². The summed E-state index contributed by atoms with van der Waals surface area (Å²) < 4.78 is 6.32. The van der Waals surface area contributed by atoms with Gasteiger partial charge < -0.3 is 4.74 Å². The van der Waals surface area contributed by atoms with Crippen molar-refractivity contribution in [3.63, 3.8) is 0 Å². The minimum atomic E-state index is -0.361. The van der Waals surface area contributed by atoms with Crippen LogP contribution in [-0.4, -0.2) is 33.1 Å². The first-order chi connectivity index (χ1) is 10.3. The second-order valence-corrected chi connectivity index (χ2v) is 4.33. The SMILES string of the molecule is COC(=O)c1ccc(-c2cn(-c3cccnc3)nn2)cc1. The van der Waals surface area contributed by atoms with Crippen molar-refractivity contribution in [3.05, 3.63) is 60.6 Å². The molecule has 104 valence electrons. The molecule has 21 heavy (non-hydrogen) atoms. The van der Waals surface area contributed by atoms with Crippen molar-refractivity contribution in [2.75, 3.05) is 7.11 Å². The van der Waals surface area contributed by atoms with Crippen molar-refractivity contribution in [1.82, 2.24) is 20.0 Å². The van der Waals surface area contributed by atoms with Gasteiger partial charge in [-0.2, -0.15) is 0 Å². The molecule has 0 amide bonds. The van der Waals surface area contributed by atoms with E-state index in [2.05, 4.69) is 20.0 Å². The topological polar surface area (TPSA) is 69.9 Å². The number of ether oxygens (including phenoxy) is 1. The minimum absolute atomic E-state index is 0.361. The summed E-state index contributed by atoms with van der Waals surface area (Å²) >= 11 is 0. The fourth-order valence-corrected chi connectivity index (χ4v) is 1.91. The van der Waals surface area contributed by atoms with Crippen LogP contribution in [0.5, 0.6) is 0 Å². The van der Waals surface area contributed by atoms with Crippen molar-refractivity contribution >= 4 is 5.97 Å². The number of carbonyl (C=O) groups excluding carboxylic acids is 1. The first-order valence-electron chi connectivity index (χ1n) is 6.29. The Morgan fingerprint density at radius 1 is 1.19 bits per heavy atom. The molecular formula is C15H12N4O2. The third kappa shape index (κ3) is 2.64. The Morgan fingerprint density at radius 3 is 2.67 bits per heavy atom. The quantitative estimate of drug-likeness (QED) is 0.687. The molecule has 6 nitrogen and oxygen atoms in total. The maximum absolute atomic E-state index is 11.4. The molecule has 3 rings (SSSR count). The highest BCUT2D eigenvalue weighted by molar-refractivity contribution is 5.89. The molecule has 2 heterocycles. The van der Waals surface area contributed by atoms with Crippen LogP contribution >= 0.6 is 0 Å². The van der Waals surface area contributed by atoms with Crippen molar-refractivity contribution in [3.8, 4) is 16.9 Å². The standard InChI is InChI=1S/C15H12N4O2/c1-21-15(20)12-6-4-11(5-7-12)14-10-19(18-17-14)13-3-2-8-16-9-13/h2-10H,1H3. The molecule has 0 spiro atoms. The van der Waals surface area contributed by atoms with Crippen LogP contribution in [0.3, 0.4) is 0 Å². The van der Waals surface area contributed by atoms with Crippen LogP contribution in [-0.2, 0) is 4.74 Å². The highest BCUT2D eigenvalue weighted by Gasteiger charge is 2.08. The van der Waals surface area contributed by atoms with Gasteiger partial charge in [-0.15, -0.1) is 5.10 Å². The Kier molecular flexibility index (Phi) is 3.42. The molecule has 0 N–H and O–H groups in total. The van der Waals surface area contributed by atoms with Gasteiger partial charge >= 0.3 is 5.97 Å². The number of methoxy groups -OCH3 is 1. The van der Waals surface area contributed by atoms with E-state index >= 15 is 0 Å². The molecule has 1 aromatic carbocycles. The van der Waals surface area contributed by atoms with Crippen LogP contribution in [0.1, 0.15) is 10.4 Å². The number of carbonyl (C=O) groups is 1. The average molecular weight is 280 g/mol. The van der Waals surface area contributed by atoms with Crippen LogP contribution in [0.25, 0.3) is 16.9 Å². The fourth-order valence-electron chi connectivity index (χ4n) is 1.91. The first-order valence-corrected chi connectivity index (χ1v) is 6.29. The maximum atomic E-state index is 11.4. The number of aromatic nitrogens is 4. The van der Waals surface area contributed by atoms with E-state index in [4.69, 9.17) is 0 Å². The Bertz CT molecular complexity index is 751. The van der Waals surface area contributed by atoms with E-state index in [1.807, 2.05) is 30.5 Å². The minimum Gasteiger partial charge on any atom is -0.465 e. The number of hydrogen-bond donors (Lipinski definition) is 0. The Labute approximate surface area is 121 Å². The third-order valence-corrected chi connectivity index (χ3v) is 3.01. The van der Waals surface area contributed by atoms with Gasteiger partial charge in [0, 0.05) is 11.8 Å². The Hall–Kier alpha value is -3.02. The molecule has 0 unspecified atom stereocenters. The van der Waals surface area contributed by atoms with Gasteiger partial charge in [-0.1, -0.05) is 17.3 Å². The van der Waals surface area contributed by atoms with Crippen LogP contribution in [0.2, 0.25) is 0 Å². The lowest BCUT2D eigenvalue weighted by molar-refractivity contribution is 0.0601. The molecule has 0 bridgehead atoms. The van der Waals surface area contributed by atoms with Gasteiger partial charge in [0.1, 0.15) is 5.69 Å². The molecule has 0 saturated heterocycles. The van der Waals surface area contributed by atoms with Crippen molar-refractivity contribution < 1.29 is 9.53 Å². The molecule has 0 saturated carbocycles. The van der Waals surface area contributed by atoms with Gasteiger partial charge in [0.2, 0.25) is 0 Å². The predicted molar refractivity (Wildman–Crippen MR) is 75.9 cm³/mol. The number of benzene rings is 1. The monoisotopic (exact) mass is 280 g/mol. The van der Waals surface area contributed by atoms with Gasteiger partial charge in [-0.05, 0) is 24.3 Å². The second-order valence-electron chi connectivity index (χ2n) is 4.33. The van der Waals surface area contributed by atoms with E-state index in [9.17, 15) is 4.79 Å². The number of nitrogens with zero attached hydrogens (tertiary/aromatic N) is 4. The molecule has 3 aromatic rings. The van der Waals surface area contributed by atoms with Gasteiger partial charge in [-0.3, -0.25) is 4.98 Å². The van der Waals surface area contributed by atoms with E-state index in [1.54, 1.807) is 29.2 Å². The lowest BCUT2D eigenvalue weighted by Gasteiger charge is -2.00. The lowest BCUT2D eigenvalue weighted by Crippen LogP contribution is -2.00. The van der Waals surface area contributed by atoms with Crippen LogP contribution < -0.4 is 0 Å². The van der Waals surface area contributed by atoms with Gasteiger partial charge in [-0.25, -0.2) is 9.48 Å². The molecule has 0 aliphatic heterocycles. The summed E-state index contributed by atoms with van der Waals surface area (Å²) in [6, 6.07) is 10.7. The highest BCUT2D eigenvalue weighted by Crippen LogP contribution is 2.18. The molecule has 0 atom stereocenters. The van der Waals surface area contributed by atoms with Crippen molar-refractivity contribution in [2.24, 2.45) is 0 Å². The van der Waals surface area contributed by atoms with Crippen LogP contribution in [0.15, 0.2) is 55.0 Å². The Balaban J connectivity index is 1.88. The summed E-state index contributed by atoms with van der Waals surface area (Å²) in [6.07, 6.45) is 5.22. The number of rotatable bonds is 3. The maximum Gasteiger partial charge on any atom is 0.337 e. The lowest BCUT2D eigenvalue weighted by atomic mass is 10.1. The third-order valence-electron chi connectivity index (χ3n) is 3.01. The summed E-state index contributed by atoms with van der Waals surface area (Å²) in [5.74, 6) is -0.361. The normalized spacial score (nSPS) is 10.3. The smallest absolute Gasteiger partial charge is 0.337 e. The molecule has 2 aromatic heterocycles. The average Bonchev–Trinajstić information content (AvgIpc) is 3.05. The molecule has 0 fully saturated rings. The summed E-state index contributed by atoms with van der Waals surface area (Å²) in [5, 5.41) is 8.20. The predicted octanol–water partition coefficient (Wildman–Crippen LogP) is 2.12. The summed E-state index contributed by atoms with van der Waals surface area (Å²) in [7, 11) is 1.36. The zero-order valence-electron chi connectivity index (χ0n) is 11.3. The highest BCUT2D eigenvalue weighted by atomic mass is 16.5. The molecule has 0 aliphatic carbocycles. The number of esters is 1. The Morgan fingerprint density at radius 2 is 2.00 bits per heavy atom. The number of hydrogen-bond acceptors (Lipinski definition) is 5. The van der Waals surface area contributed by atoms with Crippen molar-refractivity contribution in [1.29, 1.82) is 0 Å². The van der Waals surface area contributed by atoms with E-state index in [0.29, 0.717) is 5.56 Å². The van der Waals surface area contributed by atoms with E-state index < -0.39 is 0 Å². The van der Waals surface area contributed by atoms with Crippen molar-refractivity contribution in [2.45, 2.75) is 0 Å². The number of pyridine rings is 1. The summed E-state index contributed by atoms with van der Waals surface area (Å²) in [5.41, 5.74) is 2.93. The molecule has 6 heteroatoms. The van der Waals surface area contributed by atoms with Gasteiger partial charge in [0.05, 0.1) is 30.8 Å². The van der Waals surface area contributed by atoms with Gasteiger partial charge in [0.15, 0.2) is 0 Å². The largest absolute Gasteiger partial charge is 0.465 e. The van der Waals surface area contributed by atoms with E-state index in [1.165, 1.54) is 7.11 Å². The zero-order valence-corrected chi connectivity index (χ0v) is 11.3. The van der Waals surface area contributed by atoms with E-state index in [-0.39, 0.29) is 5.97 Å². The zero-order chi connectivity index (χ0) is 14.7. The molecular weight excluding hydrogens is 268 g/mol.